The van der Waals surface area contributed by atoms with Crippen molar-refractivity contribution in [1.29, 1.82) is 0 Å². The molecule has 2 fully saturated rings. The molecule has 27 heavy (non-hydrogen) atoms. The molecule has 1 aliphatic heterocycles. The maximum absolute atomic E-state index is 13.0. The Kier molecular flexibility index (Phi) is 5.01. The second-order valence-corrected chi connectivity index (χ2v) is 7.12. The molecule has 2 aromatic rings. The Bertz CT molecular complexity index is 815. The molecule has 1 atom stereocenters. The number of nitrogens with zero attached hydrogens (tertiary/aromatic N) is 4. The fourth-order valence-electron chi connectivity index (χ4n) is 3.54. The fourth-order valence-corrected chi connectivity index (χ4v) is 3.54. The average Bonchev–Trinajstić information content (AvgIpc) is 3.20. The first-order valence-corrected chi connectivity index (χ1v) is 9.80. The van der Waals surface area contributed by atoms with Crippen LogP contribution in [-0.4, -0.2) is 52.1 Å². The van der Waals surface area contributed by atoms with E-state index in [1.807, 2.05) is 35.6 Å². The minimum atomic E-state index is 0.0176. The summed E-state index contributed by atoms with van der Waals surface area (Å²) in [6.07, 6.45) is 5.39. The van der Waals surface area contributed by atoms with Gasteiger partial charge in [-0.15, -0.1) is 5.10 Å². The standard InChI is InChI=1S/C20H26N4O3/c1-3-26-18-8-7-15(11-19(18)27-4-2)20(25)23-10-9-16(12-23)24-13-17(21-22-24)14-5-6-14/h7-8,11,13-14,16H,3-6,9-10,12H2,1-2H3. The van der Waals surface area contributed by atoms with Crippen LogP contribution in [0.2, 0.25) is 0 Å². The van der Waals surface area contributed by atoms with Gasteiger partial charge in [-0.1, -0.05) is 5.21 Å². The summed E-state index contributed by atoms with van der Waals surface area (Å²) >= 11 is 0. The van der Waals surface area contributed by atoms with E-state index < -0.39 is 0 Å². The van der Waals surface area contributed by atoms with Crippen LogP contribution in [0.25, 0.3) is 0 Å². The normalized spacial score (nSPS) is 19.3. The first-order valence-electron chi connectivity index (χ1n) is 9.80. The number of rotatable bonds is 7. The van der Waals surface area contributed by atoms with Crippen molar-refractivity contribution in [2.45, 2.75) is 45.1 Å². The summed E-state index contributed by atoms with van der Waals surface area (Å²) in [6, 6.07) is 5.60. The summed E-state index contributed by atoms with van der Waals surface area (Å²) in [5.74, 6) is 1.90. The molecule has 0 spiro atoms. The Hall–Kier alpha value is -2.57. The molecule has 1 unspecified atom stereocenters. The van der Waals surface area contributed by atoms with E-state index in [0.29, 0.717) is 42.7 Å². The zero-order chi connectivity index (χ0) is 18.8. The Balaban J connectivity index is 1.45. The van der Waals surface area contributed by atoms with Crippen LogP contribution < -0.4 is 9.47 Å². The molecular formula is C20H26N4O3. The lowest BCUT2D eigenvalue weighted by atomic mass is 10.1. The van der Waals surface area contributed by atoms with Crippen molar-refractivity contribution in [2.24, 2.45) is 0 Å². The van der Waals surface area contributed by atoms with Crippen molar-refractivity contribution in [1.82, 2.24) is 19.9 Å². The average molecular weight is 370 g/mol. The monoisotopic (exact) mass is 370 g/mol. The van der Waals surface area contributed by atoms with Gasteiger partial charge in [0.1, 0.15) is 0 Å². The Morgan fingerprint density at radius 2 is 1.93 bits per heavy atom. The quantitative estimate of drug-likeness (QED) is 0.749. The minimum Gasteiger partial charge on any atom is -0.490 e. The predicted molar refractivity (Wildman–Crippen MR) is 100 cm³/mol. The van der Waals surface area contributed by atoms with E-state index in [-0.39, 0.29) is 11.9 Å². The third-order valence-corrected chi connectivity index (χ3v) is 5.14. The Labute approximate surface area is 159 Å². The summed E-state index contributed by atoms with van der Waals surface area (Å²) in [5, 5.41) is 8.58. The molecule has 7 nitrogen and oxygen atoms in total. The van der Waals surface area contributed by atoms with Gasteiger partial charge >= 0.3 is 0 Å². The number of carbonyl (C=O) groups excluding carboxylic acids is 1. The Morgan fingerprint density at radius 3 is 2.67 bits per heavy atom. The van der Waals surface area contributed by atoms with Crippen molar-refractivity contribution in [3.05, 3.63) is 35.7 Å². The molecule has 144 valence electrons. The number of hydrogen-bond acceptors (Lipinski definition) is 5. The third-order valence-electron chi connectivity index (χ3n) is 5.14. The van der Waals surface area contributed by atoms with Crippen LogP contribution in [0.4, 0.5) is 0 Å². The SMILES string of the molecule is CCOc1ccc(C(=O)N2CCC(n3cc(C4CC4)nn3)C2)cc1OCC. The van der Waals surface area contributed by atoms with Crippen molar-refractivity contribution in [3.63, 3.8) is 0 Å². The molecule has 2 heterocycles. The van der Waals surface area contributed by atoms with Gasteiger partial charge in [-0.3, -0.25) is 4.79 Å². The lowest BCUT2D eigenvalue weighted by Gasteiger charge is -2.18. The lowest BCUT2D eigenvalue weighted by Crippen LogP contribution is -2.29. The molecular weight excluding hydrogens is 344 g/mol. The number of hydrogen-bond donors (Lipinski definition) is 0. The maximum Gasteiger partial charge on any atom is 0.254 e. The maximum atomic E-state index is 13.0. The van der Waals surface area contributed by atoms with Crippen LogP contribution in [0.5, 0.6) is 11.5 Å². The summed E-state index contributed by atoms with van der Waals surface area (Å²) < 4.78 is 13.2. The van der Waals surface area contributed by atoms with Crippen molar-refractivity contribution < 1.29 is 14.3 Å². The fraction of sp³-hybridized carbons (Fsp3) is 0.550. The summed E-state index contributed by atoms with van der Waals surface area (Å²) in [7, 11) is 0. The van der Waals surface area contributed by atoms with E-state index in [0.717, 1.165) is 18.7 Å². The molecule has 1 amide bonds. The first kappa shape index (κ1) is 17.8. The highest BCUT2D eigenvalue weighted by Gasteiger charge is 2.31. The van der Waals surface area contributed by atoms with Crippen LogP contribution in [0.1, 0.15) is 61.1 Å². The van der Waals surface area contributed by atoms with E-state index in [1.165, 1.54) is 12.8 Å². The minimum absolute atomic E-state index is 0.0176. The van der Waals surface area contributed by atoms with Crippen molar-refractivity contribution in [2.75, 3.05) is 26.3 Å². The molecule has 1 aromatic heterocycles. The van der Waals surface area contributed by atoms with Gasteiger partial charge < -0.3 is 14.4 Å². The van der Waals surface area contributed by atoms with Gasteiger partial charge in [-0.25, -0.2) is 4.68 Å². The summed E-state index contributed by atoms with van der Waals surface area (Å²) in [6.45, 7) is 6.31. The van der Waals surface area contributed by atoms with Gasteiger partial charge in [0.05, 0.1) is 24.9 Å². The van der Waals surface area contributed by atoms with E-state index in [1.54, 1.807) is 6.07 Å². The van der Waals surface area contributed by atoms with Gasteiger partial charge in [-0.05, 0) is 51.3 Å². The number of aromatic nitrogens is 3. The first-order chi connectivity index (χ1) is 13.2. The molecule has 0 radical (unpaired) electrons. The van der Waals surface area contributed by atoms with Crippen LogP contribution in [0, 0.1) is 0 Å². The predicted octanol–water partition coefficient (Wildman–Crippen LogP) is 3.04. The topological polar surface area (TPSA) is 69.5 Å². The highest BCUT2D eigenvalue weighted by molar-refractivity contribution is 5.95. The molecule has 1 aromatic carbocycles. The second-order valence-electron chi connectivity index (χ2n) is 7.12. The zero-order valence-electron chi connectivity index (χ0n) is 15.9. The number of carbonyl (C=O) groups is 1. The van der Waals surface area contributed by atoms with Gasteiger partial charge in [0, 0.05) is 30.8 Å². The molecule has 0 N–H and O–H groups in total. The van der Waals surface area contributed by atoms with Gasteiger partial charge in [0.2, 0.25) is 0 Å². The number of amides is 1. The van der Waals surface area contributed by atoms with Gasteiger partial charge in [-0.2, -0.15) is 0 Å². The van der Waals surface area contributed by atoms with Gasteiger partial charge in [0.15, 0.2) is 11.5 Å². The number of likely N-dealkylation sites (tertiary alicyclic amines) is 1. The highest BCUT2D eigenvalue weighted by Crippen LogP contribution is 2.39. The number of benzene rings is 1. The largest absolute Gasteiger partial charge is 0.490 e. The lowest BCUT2D eigenvalue weighted by molar-refractivity contribution is 0.0786. The van der Waals surface area contributed by atoms with Gasteiger partial charge in [0.25, 0.3) is 5.91 Å². The smallest absolute Gasteiger partial charge is 0.254 e. The van der Waals surface area contributed by atoms with E-state index in [4.69, 9.17) is 9.47 Å². The highest BCUT2D eigenvalue weighted by atomic mass is 16.5. The molecule has 1 aliphatic carbocycles. The number of ether oxygens (including phenoxy) is 2. The van der Waals surface area contributed by atoms with Crippen molar-refractivity contribution in [3.8, 4) is 11.5 Å². The zero-order valence-corrected chi connectivity index (χ0v) is 15.9. The van der Waals surface area contributed by atoms with Crippen LogP contribution >= 0.6 is 0 Å². The molecule has 2 aliphatic rings. The second kappa shape index (κ2) is 7.58. The summed E-state index contributed by atoms with van der Waals surface area (Å²) in [5.41, 5.74) is 1.72. The van der Waals surface area contributed by atoms with E-state index in [9.17, 15) is 4.79 Å². The van der Waals surface area contributed by atoms with Crippen LogP contribution in [0.3, 0.4) is 0 Å². The molecule has 0 bridgehead atoms. The van der Waals surface area contributed by atoms with E-state index in [2.05, 4.69) is 16.5 Å². The summed E-state index contributed by atoms with van der Waals surface area (Å²) in [4.78, 5) is 14.8. The van der Waals surface area contributed by atoms with Crippen LogP contribution in [0.15, 0.2) is 24.4 Å². The van der Waals surface area contributed by atoms with Crippen molar-refractivity contribution >= 4 is 5.91 Å². The third kappa shape index (κ3) is 3.77. The van der Waals surface area contributed by atoms with Crippen LogP contribution in [-0.2, 0) is 0 Å². The molecule has 4 rings (SSSR count). The molecule has 1 saturated carbocycles. The Morgan fingerprint density at radius 1 is 1.15 bits per heavy atom. The molecule has 7 heteroatoms. The van der Waals surface area contributed by atoms with E-state index >= 15 is 0 Å². The molecule has 1 saturated heterocycles.